The third-order valence-corrected chi connectivity index (χ3v) is 4.57. The summed E-state index contributed by atoms with van der Waals surface area (Å²) in [5.74, 6) is 1.73. The van der Waals surface area contributed by atoms with Crippen molar-refractivity contribution in [3.63, 3.8) is 0 Å². The lowest BCUT2D eigenvalue weighted by Gasteiger charge is -2.36. The van der Waals surface area contributed by atoms with E-state index in [-0.39, 0.29) is 24.0 Å². The highest BCUT2D eigenvalue weighted by molar-refractivity contribution is 14.0. The van der Waals surface area contributed by atoms with Gasteiger partial charge in [-0.2, -0.15) is 0 Å². The lowest BCUT2D eigenvalue weighted by atomic mass is 10.1. The maximum Gasteiger partial charge on any atom is 0.225 e. The zero-order valence-corrected chi connectivity index (χ0v) is 18.9. The fraction of sp³-hybridized carbons (Fsp3) is 0.450. The van der Waals surface area contributed by atoms with E-state index in [1.807, 2.05) is 20.0 Å². The highest BCUT2D eigenvalue weighted by Gasteiger charge is 2.20. The normalized spacial score (nSPS) is 14.6. The minimum Gasteiger partial charge on any atom is -0.377 e. The van der Waals surface area contributed by atoms with Gasteiger partial charge in [0, 0.05) is 58.8 Å². The van der Waals surface area contributed by atoms with Gasteiger partial charge < -0.3 is 19.9 Å². The molecular weight excluding hydrogens is 467 g/mol. The smallest absolute Gasteiger partial charge is 0.225 e. The third-order valence-electron chi connectivity index (χ3n) is 4.57. The van der Waals surface area contributed by atoms with Crippen molar-refractivity contribution in [2.45, 2.75) is 20.1 Å². The number of hydrogen-bond acceptors (Lipinski definition) is 5. The zero-order chi connectivity index (χ0) is 18.9. The Morgan fingerprint density at radius 2 is 1.71 bits per heavy atom. The van der Waals surface area contributed by atoms with Crippen LogP contribution in [0.5, 0.6) is 0 Å². The molecule has 8 heteroatoms. The molecule has 152 valence electrons. The number of ether oxygens (including phenoxy) is 1. The number of hydrogen-bond donors (Lipinski definition) is 1. The molecular formula is C20H29IN6O. The Labute approximate surface area is 184 Å². The number of rotatable bonds is 6. The molecule has 2 aromatic rings. The molecule has 0 aliphatic carbocycles. The topological polar surface area (TPSA) is 65.9 Å². The highest BCUT2D eigenvalue weighted by Crippen LogP contribution is 2.10. The molecule has 1 N–H and O–H groups in total. The minimum atomic E-state index is 0. The molecule has 1 aliphatic heterocycles. The van der Waals surface area contributed by atoms with Crippen LogP contribution in [0.4, 0.5) is 5.95 Å². The van der Waals surface area contributed by atoms with Gasteiger partial charge in [0.25, 0.3) is 0 Å². The molecule has 7 nitrogen and oxygen atoms in total. The van der Waals surface area contributed by atoms with Crippen LogP contribution in [0.1, 0.15) is 18.1 Å². The molecule has 0 amide bonds. The van der Waals surface area contributed by atoms with Crippen LogP contribution in [0.2, 0.25) is 0 Å². The van der Waals surface area contributed by atoms with Crippen molar-refractivity contribution < 1.29 is 4.74 Å². The quantitative estimate of drug-likeness (QED) is 0.377. The first kappa shape index (κ1) is 22.4. The number of nitrogens with one attached hydrogen (secondary N) is 1. The average molecular weight is 496 g/mol. The van der Waals surface area contributed by atoms with Gasteiger partial charge in [0.05, 0.1) is 6.61 Å². The summed E-state index contributed by atoms with van der Waals surface area (Å²) in [5.41, 5.74) is 2.43. The fourth-order valence-corrected chi connectivity index (χ4v) is 3.06. The Morgan fingerprint density at radius 1 is 1.07 bits per heavy atom. The summed E-state index contributed by atoms with van der Waals surface area (Å²) < 4.78 is 5.44. The van der Waals surface area contributed by atoms with Crippen molar-refractivity contribution in [3.05, 3.63) is 53.9 Å². The van der Waals surface area contributed by atoms with E-state index in [0.717, 1.165) is 51.2 Å². The number of benzene rings is 1. The summed E-state index contributed by atoms with van der Waals surface area (Å²) in [6, 6.07) is 10.4. The van der Waals surface area contributed by atoms with E-state index < -0.39 is 0 Å². The summed E-state index contributed by atoms with van der Waals surface area (Å²) in [7, 11) is 1.83. The van der Waals surface area contributed by atoms with Gasteiger partial charge in [0.1, 0.15) is 0 Å². The van der Waals surface area contributed by atoms with E-state index >= 15 is 0 Å². The maximum atomic E-state index is 5.44. The first-order chi connectivity index (χ1) is 13.3. The minimum absolute atomic E-state index is 0. The number of guanidine groups is 1. The Hall–Kier alpha value is -1.94. The number of halogens is 1. The zero-order valence-electron chi connectivity index (χ0n) is 16.5. The predicted molar refractivity (Wildman–Crippen MR) is 123 cm³/mol. The molecule has 1 aromatic carbocycles. The number of aliphatic imine (C=N–C) groups is 1. The van der Waals surface area contributed by atoms with Gasteiger partial charge in [-0.3, -0.25) is 4.99 Å². The van der Waals surface area contributed by atoms with Crippen LogP contribution in [0.15, 0.2) is 47.7 Å². The van der Waals surface area contributed by atoms with Crippen molar-refractivity contribution in [3.8, 4) is 0 Å². The van der Waals surface area contributed by atoms with Crippen LogP contribution in [-0.4, -0.2) is 60.7 Å². The van der Waals surface area contributed by atoms with E-state index in [0.29, 0.717) is 6.61 Å². The van der Waals surface area contributed by atoms with Gasteiger partial charge in [-0.05, 0) is 24.1 Å². The molecule has 28 heavy (non-hydrogen) atoms. The second-order valence-corrected chi connectivity index (χ2v) is 6.38. The molecule has 1 aliphatic rings. The summed E-state index contributed by atoms with van der Waals surface area (Å²) >= 11 is 0. The lowest BCUT2D eigenvalue weighted by molar-refractivity contribution is 0.134. The first-order valence-electron chi connectivity index (χ1n) is 9.43. The van der Waals surface area contributed by atoms with Crippen LogP contribution < -0.4 is 10.2 Å². The molecule has 3 rings (SSSR count). The molecule has 1 saturated heterocycles. The number of nitrogens with zero attached hydrogens (tertiary/aromatic N) is 5. The molecule has 0 unspecified atom stereocenters. The largest absolute Gasteiger partial charge is 0.377 e. The van der Waals surface area contributed by atoms with Gasteiger partial charge in [-0.15, -0.1) is 24.0 Å². The standard InChI is InChI=1S/C20H28N6O.HI/c1-3-27-16-18-7-5-17(6-8-18)15-24-19(21-2)25-11-13-26(14-12-25)20-22-9-4-10-23-20;/h4-10H,3,11-16H2,1-2H3,(H,21,24);1H. The van der Waals surface area contributed by atoms with E-state index in [1.165, 1.54) is 11.1 Å². The van der Waals surface area contributed by atoms with Crippen LogP contribution in [-0.2, 0) is 17.9 Å². The molecule has 1 fully saturated rings. The first-order valence-corrected chi connectivity index (χ1v) is 9.43. The monoisotopic (exact) mass is 496 g/mol. The molecule has 0 saturated carbocycles. The van der Waals surface area contributed by atoms with E-state index in [2.05, 4.69) is 54.3 Å². The van der Waals surface area contributed by atoms with Crippen molar-refractivity contribution in [1.29, 1.82) is 0 Å². The molecule has 0 atom stereocenters. The highest BCUT2D eigenvalue weighted by atomic mass is 127. The maximum absolute atomic E-state index is 5.44. The molecule has 1 aromatic heterocycles. The fourth-order valence-electron chi connectivity index (χ4n) is 3.06. The summed E-state index contributed by atoms with van der Waals surface area (Å²) in [6.45, 7) is 7.73. The van der Waals surface area contributed by atoms with Gasteiger partial charge >= 0.3 is 0 Å². The number of anilines is 1. The van der Waals surface area contributed by atoms with Crippen LogP contribution in [0.3, 0.4) is 0 Å². The van der Waals surface area contributed by atoms with Gasteiger partial charge in [-0.1, -0.05) is 24.3 Å². The van der Waals surface area contributed by atoms with Crippen molar-refractivity contribution in [2.24, 2.45) is 4.99 Å². The van der Waals surface area contributed by atoms with Gasteiger partial charge in [-0.25, -0.2) is 9.97 Å². The van der Waals surface area contributed by atoms with Crippen molar-refractivity contribution >= 4 is 35.9 Å². The molecule has 0 bridgehead atoms. The van der Waals surface area contributed by atoms with Crippen LogP contribution in [0, 0.1) is 0 Å². The Kier molecular flexibility index (Phi) is 9.42. The predicted octanol–water partition coefficient (Wildman–Crippen LogP) is 2.53. The Balaban J connectivity index is 0.00000280. The average Bonchev–Trinajstić information content (AvgIpc) is 2.74. The second kappa shape index (κ2) is 11.8. The summed E-state index contributed by atoms with van der Waals surface area (Å²) in [4.78, 5) is 17.6. The number of piperazine rings is 1. The van der Waals surface area contributed by atoms with E-state index in [4.69, 9.17) is 4.74 Å². The summed E-state index contributed by atoms with van der Waals surface area (Å²) in [5, 5.41) is 3.47. The van der Waals surface area contributed by atoms with Crippen LogP contribution >= 0.6 is 24.0 Å². The summed E-state index contributed by atoms with van der Waals surface area (Å²) in [6.07, 6.45) is 3.57. The van der Waals surface area contributed by atoms with Crippen molar-refractivity contribution in [2.75, 3.05) is 44.7 Å². The lowest BCUT2D eigenvalue weighted by Crippen LogP contribution is -2.52. The number of aromatic nitrogens is 2. The SMILES string of the molecule is CCOCc1ccc(CNC(=NC)N2CCN(c3ncccn3)CC2)cc1.I. The second-order valence-electron chi connectivity index (χ2n) is 6.38. The third kappa shape index (κ3) is 6.30. The van der Waals surface area contributed by atoms with Gasteiger partial charge in [0.15, 0.2) is 5.96 Å². The Bertz CT molecular complexity index is 717. The molecule has 0 spiro atoms. The van der Waals surface area contributed by atoms with Crippen molar-refractivity contribution in [1.82, 2.24) is 20.2 Å². The van der Waals surface area contributed by atoms with Crippen LogP contribution in [0.25, 0.3) is 0 Å². The molecule has 2 heterocycles. The van der Waals surface area contributed by atoms with E-state index in [9.17, 15) is 0 Å². The Morgan fingerprint density at radius 3 is 2.32 bits per heavy atom. The van der Waals surface area contributed by atoms with Gasteiger partial charge in [0.2, 0.25) is 5.95 Å². The molecule has 0 radical (unpaired) electrons. The van der Waals surface area contributed by atoms with E-state index in [1.54, 1.807) is 12.4 Å².